The molecule has 1 N–H and O–H groups in total. The second-order valence-electron chi connectivity index (χ2n) is 6.88. The van der Waals surface area contributed by atoms with E-state index >= 15 is 0 Å². The average molecular weight is 445 g/mol. The SMILES string of the molecule is COc1ccc(C(=O)Nc2ccc3ccc(OCCN4CCOCC4)nc3n2)cc1.Cl. The second kappa shape index (κ2) is 10.9. The molecule has 0 aliphatic carbocycles. The molecule has 0 atom stereocenters. The van der Waals surface area contributed by atoms with E-state index < -0.39 is 0 Å². The number of anilines is 1. The number of aromatic nitrogens is 2. The zero-order chi connectivity index (χ0) is 20.8. The van der Waals surface area contributed by atoms with E-state index in [2.05, 4.69) is 20.2 Å². The van der Waals surface area contributed by atoms with Gasteiger partial charge in [0.1, 0.15) is 18.2 Å². The number of nitrogens with one attached hydrogen (secondary N) is 1. The van der Waals surface area contributed by atoms with Crippen molar-refractivity contribution in [3.8, 4) is 11.6 Å². The molecule has 0 unspecified atom stereocenters. The Morgan fingerprint density at radius 1 is 1.06 bits per heavy atom. The molecule has 0 spiro atoms. The maximum atomic E-state index is 12.5. The smallest absolute Gasteiger partial charge is 0.256 e. The third kappa shape index (κ3) is 6.04. The summed E-state index contributed by atoms with van der Waals surface area (Å²) in [5.74, 6) is 1.39. The summed E-state index contributed by atoms with van der Waals surface area (Å²) in [5, 5.41) is 3.68. The lowest BCUT2D eigenvalue weighted by Gasteiger charge is -2.26. The van der Waals surface area contributed by atoms with Gasteiger partial charge in [-0.25, -0.2) is 4.98 Å². The molecule has 3 heterocycles. The van der Waals surface area contributed by atoms with E-state index in [1.54, 1.807) is 37.4 Å². The molecule has 164 valence electrons. The number of pyridine rings is 2. The first kappa shape index (κ1) is 22.7. The summed E-state index contributed by atoms with van der Waals surface area (Å²) >= 11 is 0. The number of carbonyl (C=O) groups excluding carboxylic acids is 1. The van der Waals surface area contributed by atoms with Crippen LogP contribution in [0, 0.1) is 0 Å². The van der Waals surface area contributed by atoms with E-state index in [1.165, 1.54) is 0 Å². The molecule has 1 fully saturated rings. The molecule has 9 heteroatoms. The number of halogens is 1. The van der Waals surface area contributed by atoms with Gasteiger partial charge < -0.3 is 19.5 Å². The summed E-state index contributed by atoms with van der Waals surface area (Å²) in [4.78, 5) is 23.7. The first-order valence-corrected chi connectivity index (χ1v) is 9.87. The van der Waals surface area contributed by atoms with Crippen LogP contribution in [0.25, 0.3) is 11.0 Å². The fourth-order valence-corrected chi connectivity index (χ4v) is 3.17. The van der Waals surface area contributed by atoms with Crippen LogP contribution in [0.15, 0.2) is 48.5 Å². The molecule has 1 aromatic carbocycles. The number of morpholine rings is 1. The van der Waals surface area contributed by atoms with Gasteiger partial charge in [0.05, 0.1) is 20.3 Å². The highest BCUT2D eigenvalue weighted by Gasteiger charge is 2.11. The van der Waals surface area contributed by atoms with Crippen molar-refractivity contribution in [2.45, 2.75) is 0 Å². The summed E-state index contributed by atoms with van der Waals surface area (Å²) in [6.07, 6.45) is 0. The molecule has 1 saturated heterocycles. The molecule has 3 aromatic rings. The highest BCUT2D eigenvalue weighted by Crippen LogP contribution is 2.18. The number of fused-ring (bicyclic) bond motifs is 1. The molecule has 0 radical (unpaired) electrons. The van der Waals surface area contributed by atoms with E-state index in [0.717, 1.165) is 38.2 Å². The number of amides is 1. The van der Waals surface area contributed by atoms with Crippen LogP contribution < -0.4 is 14.8 Å². The van der Waals surface area contributed by atoms with Gasteiger partial charge in [0.15, 0.2) is 5.65 Å². The zero-order valence-corrected chi connectivity index (χ0v) is 18.1. The van der Waals surface area contributed by atoms with Gasteiger partial charge in [-0.15, -0.1) is 12.4 Å². The Hall–Kier alpha value is -2.94. The van der Waals surface area contributed by atoms with Gasteiger partial charge in [-0.3, -0.25) is 9.69 Å². The molecule has 31 heavy (non-hydrogen) atoms. The Kier molecular flexibility index (Phi) is 8.00. The van der Waals surface area contributed by atoms with Gasteiger partial charge >= 0.3 is 0 Å². The Labute approximate surface area is 186 Å². The van der Waals surface area contributed by atoms with E-state index in [9.17, 15) is 4.79 Å². The van der Waals surface area contributed by atoms with Crippen LogP contribution >= 0.6 is 12.4 Å². The van der Waals surface area contributed by atoms with Gasteiger partial charge in [-0.2, -0.15) is 4.98 Å². The van der Waals surface area contributed by atoms with Crippen molar-refractivity contribution in [2.24, 2.45) is 0 Å². The number of ether oxygens (including phenoxy) is 3. The molecule has 1 aliphatic rings. The first-order chi connectivity index (χ1) is 14.7. The van der Waals surface area contributed by atoms with Crippen molar-refractivity contribution in [3.63, 3.8) is 0 Å². The number of carbonyl (C=O) groups is 1. The average Bonchev–Trinajstić information content (AvgIpc) is 2.79. The third-order valence-corrected chi connectivity index (χ3v) is 4.88. The quantitative estimate of drug-likeness (QED) is 0.599. The normalized spacial score (nSPS) is 14.0. The van der Waals surface area contributed by atoms with Crippen LogP contribution in [0.1, 0.15) is 10.4 Å². The topological polar surface area (TPSA) is 85.8 Å². The molecule has 2 aromatic heterocycles. The summed E-state index contributed by atoms with van der Waals surface area (Å²) in [5.41, 5.74) is 1.04. The molecular formula is C22H25ClN4O4. The maximum Gasteiger partial charge on any atom is 0.256 e. The predicted octanol–water partition coefficient (Wildman–Crippen LogP) is 3.02. The summed E-state index contributed by atoms with van der Waals surface area (Å²) < 4.78 is 16.3. The van der Waals surface area contributed by atoms with Crippen molar-refractivity contribution < 1.29 is 19.0 Å². The van der Waals surface area contributed by atoms with Crippen LogP contribution in [-0.4, -0.2) is 67.3 Å². The largest absolute Gasteiger partial charge is 0.497 e. The first-order valence-electron chi connectivity index (χ1n) is 9.87. The van der Waals surface area contributed by atoms with Crippen LogP contribution in [0.4, 0.5) is 5.82 Å². The lowest BCUT2D eigenvalue weighted by molar-refractivity contribution is 0.0320. The van der Waals surface area contributed by atoms with E-state index in [4.69, 9.17) is 14.2 Å². The van der Waals surface area contributed by atoms with Crippen molar-refractivity contribution >= 4 is 35.2 Å². The monoisotopic (exact) mass is 444 g/mol. The van der Waals surface area contributed by atoms with Crippen LogP contribution in [0.2, 0.25) is 0 Å². The number of rotatable bonds is 7. The fourth-order valence-electron chi connectivity index (χ4n) is 3.17. The Balaban J connectivity index is 0.00000272. The molecule has 1 aliphatic heterocycles. The van der Waals surface area contributed by atoms with E-state index in [-0.39, 0.29) is 18.3 Å². The van der Waals surface area contributed by atoms with Gasteiger partial charge in [0, 0.05) is 36.7 Å². The lowest BCUT2D eigenvalue weighted by Crippen LogP contribution is -2.38. The third-order valence-electron chi connectivity index (χ3n) is 4.88. The second-order valence-corrected chi connectivity index (χ2v) is 6.88. The highest BCUT2D eigenvalue weighted by atomic mass is 35.5. The summed E-state index contributed by atoms with van der Waals surface area (Å²) in [7, 11) is 1.59. The number of methoxy groups -OCH3 is 1. The molecule has 0 bridgehead atoms. The van der Waals surface area contributed by atoms with Crippen LogP contribution in [-0.2, 0) is 4.74 Å². The lowest BCUT2D eigenvalue weighted by atomic mass is 10.2. The van der Waals surface area contributed by atoms with Crippen molar-refractivity contribution in [1.29, 1.82) is 0 Å². The highest BCUT2D eigenvalue weighted by molar-refractivity contribution is 6.04. The Bertz CT molecular complexity index is 1010. The minimum Gasteiger partial charge on any atom is -0.497 e. The summed E-state index contributed by atoms with van der Waals surface area (Å²) in [6, 6.07) is 14.3. The van der Waals surface area contributed by atoms with Crippen molar-refractivity contribution in [2.75, 3.05) is 51.9 Å². The minimum absolute atomic E-state index is 0. The number of hydrogen-bond donors (Lipinski definition) is 1. The zero-order valence-electron chi connectivity index (χ0n) is 17.2. The Morgan fingerprint density at radius 2 is 1.81 bits per heavy atom. The number of nitrogens with zero attached hydrogens (tertiary/aromatic N) is 3. The van der Waals surface area contributed by atoms with E-state index in [1.807, 2.05) is 18.2 Å². The Morgan fingerprint density at radius 3 is 2.55 bits per heavy atom. The predicted molar refractivity (Wildman–Crippen MR) is 120 cm³/mol. The molecule has 8 nitrogen and oxygen atoms in total. The molecule has 0 saturated carbocycles. The molecule has 4 rings (SSSR count). The van der Waals surface area contributed by atoms with Gasteiger partial charge in [-0.1, -0.05) is 0 Å². The minimum atomic E-state index is -0.248. The number of benzene rings is 1. The summed E-state index contributed by atoms with van der Waals surface area (Å²) in [6.45, 7) is 4.76. The van der Waals surface area contributed by atoms with Crippen LogP contribution in [0.5, 0.6) is 11.6 Å². The van der Waals surface area contributed by atoms with Gasteiger partial charge in [-0.05, 0) is 42.5 Å². The molecular weight excluding hydrogens is 420 g/mol. The standard InChI is InChI=1S/C22H24N4O4.ClH/c1-28-18-6-2-17(3-7-18)22(27)24-19-8-4-16-5-9-20(25-21(16)23-19)30-15-12-26-10-13-29-14-11-26;/h2-9H,10-15H2,1H3,(H,23,24,25,27);1H. The number of hydrogen-bond acceptors (Lipinski definition) is 7. The fraction of sp³-hybridized carbons (Fsp3) is 0.318. The maximum absolute atomic E-state index is 12.5. The van der Waals surface area contributed by atoms with Gasteiger partial charge in [0.2, 0.25) is 5.88 Å². The van der Waals surface area contributed by atoms with Crippen molar-refractivity contribution in [1.82, 2.24) is 14.9 Å². The van der Waals surface area contributed by atoms with Crippen molar-refractivity contribution in [3.05, 3.63) is 54.1 Å². The van der Waals surface area contributed by atoms with E-state index in [0.29, 0.717) is 35.3 Å². The van der Waals surface area contributed by atoms with Crippen LogP contribution in [0.3, 0.4) is 0 Å². The molecule has 1 amide bonds. The van der Waals surface area contributed by atoms with Gasteiger partial charge in [0.25, 0.3) is 5.91 Å².